The first-order valence-corrected chi connectivity index (χ1v) is 12.2. The Labute approximate surface area is 184 Å². The van der Waals surface area contributed by atoms with Crippen molar-refractivity contribution >= 4 is 5.91 Å². The Bertz CT molecular complexity index is 561. The number of aliphatic hydroxyl groups is 2. The molecule has 1 amide bonds. The van der Waals surface area contributed by atoms with Gasteiger partial charge in [-0.2, -0.15) is 0 Å². The van der Waals surface area contributed by atoms with Gasteiger partial charge in [0.15, 0.2) is 0 Å². The van der Waals surface area contributed by atoms with Crippen molar-refractivity contribution in [2.75, 3.05) is 6.61 Å². The van der Waals surface area contributed by atoms with Crippen molar-refractivity contribution in [1.29, 1.82) is 0 Å². The molecule has 0 aromatic heterocycles. The van der Waals surface area contributed by atoms with Crippen molar-refractivity contribution in [1.82, 2.24) is 5.32 Å². The van der Waals surface area contributed by atoms with Crippen molar-refractivity contribution in [3.05, 3.63) is 35.4 Å². The third-order valence-corrected chi connectivity index (χ3v) is 5.86. The second kappa shape index (κ2) is 17.3. The van der Waals surface area contributed by atoms with E-state index in [2.05, 4.69) is 12.2 Å². The molecule has 4 nitrogen and oxygen atoms in total. The van der Waals surface area contributed by atoms with Gasteiger partial charge >= 0.3 is 0 Å². The Balaban J connectivity index is 2.06. The number of amides is 1. The highest BCUT2D eigenvalue weighted by atomic mass is 16.3. The lowest BCUT2D eigenvalue weighted by Crippen LogP contribution is -2.45. The highest BCUT2D eigenvalue weighted by Crippen LogP contribution is 2.14. The van der Waals surface area contributed by atoms with Crippen molar-refractivity contribution < 1.29 is 15.0 Å². The lowest BCUT2D eigenvalue weighted by Gasteiger charge is -2.22. The van der Waals surface area contributed by atoms with Crippen LogP contribution in [0.3, 0.4) is 0 Å². The van der Waals surface area contributed by atoms with Gasteiger partial charge in [-0.15, -0.1) is 0 Å². The molecule has 0 bridgehead atoms. The van der Waals surface area contributed by atoms with E-state index in [9.17, 15) is 15.0 Å². The average molecular weight is 420 g/mol. The van der Waals surface area contributed by atoms with Crippen molar-refractivity contribution in [3.8, 4) is 0 Å². The van der Waals surface area contributed by atoms with Gasteiger partial charge in [0.05, 0.1) is 18.8 Å². The molecule has 0 spiro atoms. The number of aliphatic hydroxyl groups excluding tert-OH is 2. The molecule has 3 N–H and O–H groups in total. The van der Waals surface area contributed by atoms with Gasteiger partial charge in [-0.25, -0.2) is 0 Å². The number of aryl methyl sites for hydroxylation is 1. The van der Waals surface area contributed by atoms with E-state index in [-0.39, 0.29) is 12.5 Å². The van der Waals surface area contributed by atoms with Gasteiger partial charge < -0.3 is 15.5 Å². The van der Waals surface area contributed by atoms with Gasteiger partial charge in [0, 0.05) is 5.56 Å². The molecule has 30 heavy (non-hydrogen) atoms. The van der Waals surface area contributed by atoms with Crippen LogP contribution in [0, 0.1) is 6.92 Å². The lowest BCUT2D eigenvalue weighted by molar-refractivity contribution is 0.0661. The molecule has 4 heteroatoms. The fourth-order valence-electron chi connectivity index (χ4n) is 3.87. The maximum atomic E-state index is 12.3. The van der Waals surface area contributed by atoms with E-state index in [1.807, 2.05) is 25.1 Å². The van der Waals surface area contributed by atoms with Crippen LogP contribution in [0.1, 0.15) is 113 Å². The summed E-state index contributed by atoms with van der Waals surface area (Å²) in [6.45, 7) is 3.94. The van der Waals surface area contributed by atoms with Crippen molar-refractivity contribution in [2.24, 2.45) is 0 Å². The zero-order valence-electron chi connectivity index (χ0n) is 19.4. The van der Waals surface area contributed by atoms with E-state index >= 15 is 0 Å². The first-order valence-electron chi connectivity index (χ1n) is 12.2. The van der Waals surface area contributed by atoms with Crippen LogP contribution in [0.25, 0.3) is 0 Å². The van der Waals surface area contributed by atoms with E-state index in [1.165, 1.54) is 70.6 Å². The summed E-state index contributed by atoms with van der Waals surface area (Å²) in [4.78, 5) is 12.3. The number of rotatable bonds is 18. The number of carbonyl (C=O) groups excluding carboxylic acids is 1. The van der Waals surface area contributed by atoms with Crippen LogP contribution in [0.5, 0.6) is 0 Å². The number of benzene rings is 1. The summed E-state index contributed by atoms with van der Waals surface area (Å²) in [5, 5.41) is 22.7. The fraction of sp³-hybridized carbons (Fsp3) is 0.731. The molecule has 0 aliphatic carbocycles. The minimum Gasteiger partial charge on any atom is -0.394 e. The summed E-state index contributed by atoms with van der Waals surface area (Å²) >= 11 is 0. The van der Waals surface area contributed by atoms with E-state index in [4.69, 9.17) is 0 Å². The Morgan fingerprint density at radius 1 is 0.900 bits per heavy atom. The predicted octanol–water partition coefficient (Wildman–Crippen LogP) is 5.93. The van der Waals surface area contributed by atoms with Gasteiger partial charge in [-0.3, -0.25) is 4.79 Å². The van der Waals surface area contributed by atoms with E-state index in [0.29, 0.717) is 12.0 Å². The minimum atomic E-state index is -0.712. The van der Waals surface area contributed by atoms with Crippen LogP contribution in [0.15, 0.2) is 24.3 Å². The second-order valence-electron chi connectivity index (χ2n) is 8.73. The molecule has 0 heterocycles. The molecule has 0 saturated carbocycles. The maximum absolute atomic E-state index is 12.3. The Morgan fingerprint density at radius 3 is 1.93 bits per heavy atom. The molecule has 1 rings (SSSR count). The Morgan fingerprint density at radius 2 is 1.43 bits per heavy atom. The smallest absolute Gasteiger partial charge is 0.251 e. The zero-order chi connectivity index (χ0) is 22.0. The molecule has 0 fully saturated rings. The number of hydrogen-bond donors (Lipinski definition) is 3. The Kier molecular flexibility index (Phi) is 15.4. The number of unbranched alkanes of at least 4 members (excludes halogenated alkanes) is 12. The predicted molar refractivity (Wildman–Crippen MR) is 126 cm³/mol. The second-order valence-corrected chi connectivity index (χ2v) is 8.73. The number of carbonyl (C=O) groups is 1. The van der Waals surface area contributed by atoms with Crippen LogP contribution in [0.2, 0.25) is 0 Å². The quantitative estimate of drug-likeness (QED) is 0.258. The standard InChI is InChI=1S/C26H45NO3/c1-3-4-5-6-7-8-9-10-11-12-13-14-15-19-25(29)24(21-28)27-26(30)23-18-16-17-22(2)20-23/h16-18,20,24-25,28-29H,3-15,19,21H2,1-2H3,(H,27,30). The maximum Gasteiger partial charge on any atom is 0.251 e. The summed E-state index contributed by atoms with van der Waals surface area (Å²) in [5.74, 6) is -0.248. The van der Waals surface area contributed by atoms with Crippen LogP contribution >= 0.6 is 0 Å². The van der Waals surface area contributed by atoms with Crippen LogP contribution in [-0.2, 0) is 0 Å². The minimum absolute atomic E-state index is 0.248. The first kappa shape index (κ1) is 26.6. The van der Waals surface area contributed by atoms with Crippen molar-refractivity contribution in [3.63, 3.8) is 0 Å². The summed E-state index contributed by atoms with van der Waals surface area (Å²) in [7, 11) is 0. The van der Waals surface area contributed by atoms with E-state index in [0.717, 1.165) is 18.4 Å². The molecule has 0 radical (unpaired) electrons. The van der Waals surface area contributed by atoms with Crippen LogP contribution in [-0.4, -0.2) is 34.9 Å². The van der Waals surface area contributed by atoms with Crippen LogP contribution < -0.4 is 5.32 Å². The third-order valence-electron chi connectivity index (χ3n) is 5.86. The van der Waals surface area contributed by atoms with Gasteiger partial charge in [-0.05, 0) is 25.5 Å². The average Bonchev–Trinajstić information content (AvgIpc) is 2.74. The summed E-state index contributed by atoms with van der Waals surface area (Å²) in [6, 6.07) is 6.71. The molecular formula is C26H45NO3. The SMILES string of the molecule is CCCCCCCCCCCCCCCC(O)C(CO)NC(=O)c1cccc(C)c1. The van der Waals surface area contributed by atoms with Crippen molar-refractivity contribution in [2.45, 2.75) is 116 Å². The molecule has 172 valence electrons. The zero-order valence-corrected chi connectivity index (χ0v) is 19.4. The molecule has 1 aromatic carbocycles. The molecule has 2 atom stereocenters. The number of hydrogen-bond acceptors (Lipinski definition) is 3. The first-order chi connectivity index (χ1) is 14.6. The van der Waals surface area contributed by atoms with E-state index < -0.39 is 12.1 Å². The van der Waals surface area contributed by atoms with Gasteiger partial charge in [0.1, 0.15) is 0 Å². The van der Waals surface area contributed by atoms with Gasteiger partial charge in [0.25, 0.3) is 5.91 Å². The number of nitrogens with one attached hydrogen (secondary N) is 1. The van der Waals surface area contributed by atoms with Gasteiger partial charge in [-0.1, -0.05) is 108 Å². The summed E-state index contributed by atoms with van der Waals surface area (Å²) in [6.07, 6.45) is 16.7. The monoisotopic (exact) mass is 419 g/mol. The summed E-state index contributed by atoms with van der Waals surface area (Å²) in [5.41, 5.74) is 1.57. The largest absolute Gasteiger partial charge is 0.394 e. The molecule has 2 unspecified atom stereocenters. The highest BCUT2D eigenvalue weighted by molar-refractivity contribution is 5.94. The lowest BCUT2D eigenvalue weighted by atomic mass is 10.0. The molecule has 0 aliphatic heterocycles. The Hall–Kier alpha value is -1.39. The van der Waals surface area contributed by atoms with E-state index in [1.54, 1.807) is 6.07 Å². The normalized spacial score (nSPS) is 13.2. The highest BCUT2D eigenvalue weighted by Gasteiger charge is 2.20. The topological polar surface area (TPSA) is 69.6 Å². The van der Waals surface area contributed by atoms with Gasteiger partial charge in [0.2, 0.25) is 0 Å². The molecular weight excluding hydrogens is 374 g/mol. The molecule has 0 aliphatic rings. The fourth-order valence-corrected chi connectivity index (χ4v) is 3.87. The third kappa shape index (κ3) is 12.3. The molecule has 1 aromatic rings. The summed E-state index contributed by atoms with van der Waals surface area (Å²) < 4.78 is 0. The van der Waals surface area contributed by atoms with Crippen LogP contribution in [0.4, 0.5) is 0 Å². The molecule has 0 saturated heterocycles.